The summed E-state index contributed by atoms with van der Waals surface area (Å²) >= 11 is 0. The van der Waals surface area contributed by atoms with Gasteiger partial charge in [0.25, 0.3) is 0 Å². The highest BCUT2D eigenvalue weighted by Gasteiger charge is 2.17. The van der Waals surface area contributed by atoms with Crippen molar-refractivity contribution in [3.05, 3.63) is 71.6 Å². The van der Waals surface area contributed by atoms with Gasteiger partial charge in [0.15, 0.2) is 17.5 Å². The maximum atomic E-state index is 13.4. The van der Waals surface area contributed by atoms with E-state index in [0.29, 0.717) is 17.9 Å². The molecule has 0 aliphatic heterocycles. The summed E-state index contributed by atoms with van der Waals surface area (Å²) in [6.45, 7) is 2.38. The Morgan fingerprint density at radius 1 is 1.08 bits per heavy atom. The fraction of sp³-hybridized carbons (Fsp3) is 0.235. The molecule has 2 aromatic carbocycles. The van der Waals surface area contributed by atoms with Crippen molar-refractivity contribution >= 4 is 0 Å². The molecular formula is C17H17F2N5. The molecule has 24 heavy (non-hydrogen) atoms. The normalized spacial score (nSPS) is 12.5. The van der Waals surface area contributed by atoms with Crippen LogP contribution in [-0.2, 0) is 6.54 Å². The molecule has 0 radical (unpaired) electrons. The lowest BCUT2D eigenvalue weighted by Crippen LogP contribution is -2.24. The summed E-state index contributed by atoms with van der Waals surface area (Å²) in [5.74, 6) is -1.03. The van der Waals surface area contributed by atoms with E-state index in [1.807, 2.05) is 49.2 Å². The average Bonchev–Trinajstić information content (AvgIpc) is 3.05. The van der Waals surface area contributed by atoms with Crippen molar-refractivity contribution in [2.45, 2.75) is 19.5 Å². The smallest absolute Gasteiger partial charge is 0.170 e. The maximum absolute atomic E-state index is 13.4. The summed E-state index contributed by atoms with van der Waals surface area (Å²) in [4.78, 5) is 1.97. The highest BCUT2D eigenvalue weighted by atomic mass is 19.2. The molecule has 1 atom stereocenters. The zero-order chi connectivity index (χ0) is 17.1. The van der Waals surface area contributed by atoms with Gasteiger partial charge in [-0.25, -0.2) is 8.78 Å². The molecule has 1 heterocycles. The molecule has 1 aromatic heterocycles. The lowest BCUT2D eigenvalue weighted by atomic mass is 10.1. The monoisotopic (exact) mass is 329 g/mol. The molecule has 0 saturated heterocycles. The van der Waals surface area contributed by atoms with E-state index in [-0.39, 0.29) is 6.04 Å². The third-order valence-electron chi connectivity index (χ3n) is 4.01. The summed E-state index contributed by atoms with van der Waals surface area (Å²) in [5, 5.41) is 11.8. The summed E-state index contributed by atoms with van der Waals surface area (Å²) in [6.07, 6.45) is 0. The summed E-state index contributed by atoms with van der Waals surface area (Å²) in [5.41, 5.74) is 1.56. The van der Waals surface area contributed by atoms with Crippen LogP contribution in [0.15, 0.2) is 48.5 Å². The van der Waals surface area contributed by atoms with Crippen molar-refractivity contribution in [1.29, 1.82) is 0 Å². The molecule has 7 heteroatoms. The Bertz CT molecular complexity index is 819. The molecule has 0 saturated carbocycles. The van der Waals surface area contributed by atoms with Crippen molar-refractivity contribution in [2.75, 3.05) is 7.05 Å². The van der Waals surface area contributed by atoms with Crippen molar-refractivity contribution in [3.8, 4) is 5.69 Å². The van der Waals surface area contributed by atoms with E-state index in [4.69, 9.17) is 0 Å². The van der Waals surface area contributed by atoms with Gasteiger partial charge in [-0.15, -0.1) is 5.10 Å². The number of hydrogen-bond donors (Lipinski definition) is 0. The first kappa shape index (κ1) is 16.2. The highest BCUT2D eigenvalue weighted by Crippen LogP contribution is 2.22. The number of tetrazole rings is 1. The Kier molecular flexibility index (Phi) is 4.61. The minimum Gasteiger partial charge on any atom is -0.292 e. The predicted molar refractivity (Wildman–Crippen MR) is 85.4 cm³/mol. The average molecular weight is 329 g/mol. The van der Waals surface area contributed by atoms with Gasteiger partial charge < -0.3 is 0 Å². The van der Waals surface area contributed by atoms with Gasteiger partial charge in [0, 0.05) is 6.04 Å². The van der Waals surface area contributed by atoms with Gasteiger partial charge in [-0.05, 0) is 54.2 Å². The molecule has 0 fully saturated rings. The molecule has 3 aromatic rings. The van der Waals surface area contributed by atoms with Crippen molar-refractivity contribution in [2.24, 2.45) is 0 Å². The first-order valence-corrected chi connectivity index (χ1v) is 7.54. The van der Waals surface area contributed by atoms with E-state index in [1.54, 1.807) is 10.7 Å². The van der Waals surface area contributed by atoms with E-state index in [0.717, 1.165) is 11.8 Å². The number of aromatic nitrogens is 4. The van der Waals surface area contributed by atoms with Gasteiger partial charge in [-0.2, -0.15) is 4.68 Å². The van der Waals surface area contributed by atoms with Crippen LogP contribution in [0.5, 0.6) is 0 Å². The van der Waals surface area contributed by atoms with Crippen LogP contribution in [0.1, 0.15) is 24.4 Å². The summed E-state index contributed by atoms with van der Waals surface area (Å²) in [7, 11) is 1.88. The standard InChI is InChI=1S/C17H17F2N5/c1-12(13-8-9-15(18)16(19)10-13)23(2)11-17-20-21-22-24(17)14-6-4-3-5-7-14/h3-10,12H,11H2,1-2H3/t12-/m1/s1. The predicted octanol–water partition coefficient (Wildman–Crippen LogP) is 3.13. The molecule has 0 unspecified atom stereocenters. The molecule has 124 valence electrons. The molecule has 3 rings (SSSR count). The number of nitrogens with zero attached hydrogens (tertiary/aromatic N) is 5. The quantitative estimate of drug-likeness (QED) is 0.721. The Hall–Kier alpha value is -2.67. The summed E-state index contributed by atoms with van der Waals surface area (Å²) in [6, 6.07) is 13.4. The Morgan fingerprint density at radius 2 is 1.83 bits per heavy atom. The van der Waals surface area contributed by atoms with Crippen LogP contribution in [0, 0.1) is 11.6 Å². The van der Waals surface area contributed by atoms with Gasteiger partial charge >= 0.3 is 0 Å². The van der Waals surface area contributed by atoms with Gasteiger partial charge in [-0.3, -0.25) is 4.90 Å². The van der Waals surface area contributed by atoms with Crippen LogP contribution in [0.4, 0.5) is 8.78 Å². The second-order valence-electron chi connectivity index (χ2n) is 5.61. The van der Waals surface area contributed by atoms with Crippen molar-refractivity contribution in [1.82, 2.24) is 25.1 Å². The zero-order valence-electron chi connectivity index (χ0n) is 13.4. The van der Waals surface area contributed by atoms with Crippen LogP contribution in [0.25, 0.3) is 5.69 Å². The Labute approximate surface area is 138 Å². The topological polar surface area (TPSA) is 46.8 Å². The van der Waals surface area contributed by atoms with E-state index in [2.05, 4.69) is 15.5 Å². The fourth-order valence-electron chi connectivity index (χ4n) is 2.46. The third kappa shape index (κ3) is 3.30. The van der Waals surface area contributed by atoms with E-state index in [9.17, 15) is 8.78 Å². The largest absolute Gasteiger partial charge is 0.292 e. The van der Waals surface area contributed by atoms with Gasteiger partial charge in [0.2, 0.25) is 0 Å². The lowest BCUT2D eigenvalue weighted by molar-refractivity contribution is 0.244. The van der Waals surface area contributed by atoms with Crippen molar-refractivity contribution < 1.29 is 8.78 Å². The minimum atomic E-state index is -0.846. The number of hydrogen-bond acceptors (Lipinski definition) is 4. The molecule has 0 aliphatic rings. The first-order valence-electron chi connectivity index (χ1n) is 7.54. The molecule has 0 N–H and O–H groups in total. The molecular weight excluding hydrogens is 312 g/mol. The van der Waals surface area contributed by atoms with E-state index >= 15 is 0 Å². The van der Waals surface area contributed by atoms with Crippen LogP contribution < -0.4 is 0 Å². The van der Waals surface area contributed by atoms with Crippen LogP contribution in [0.2, 0.25) is 0 Å². The highest BCUT2D eigenvalue weighted by molar-refractivity contribution is 5.30. The van der Waals surface area contributed by atoms with Crippen LogP contribution in [0.3, 0.4) is 0 Å². The Morgan fingerprint density at radius 3 is 2.54 bits per heavy atom. The zero-order valence-corrected chi connectivity index (χ0v) is 13.4. The lowest BCUT2D eigenvalue weighted by Gasteiger charge is -2.24. The number of rotatable bonds is 5. The van der Waals surface area contributed by atoms with Gasteiger partial charge in [-0.1, -0.05) is 24.3 Å². The molecule has 5 nitrogen and oxygen atoms in total. The van der Waals surface area contributed by atoms with Crippen LogP contribution >= 0.6 is 0 Å². The summed E-state index contributed by atoms with van der Waals surface area (Å²) < 4.78 is 28.2. The molecule has 0 aliphatic carbocycles. The number of para-hydroxylation sites is 1. The van der Waals surface area contributed by atoms with E-state index < -0.39 is 11.6 Å². The third-order valence-corrected chi connectivity index (χ3v) is 4.01. The number of halogens is 2. The molecule has 0 bridgehead atoms. The minimum absolute atomic E-state index is 0.124. The Balaban J connectivity index is 1.79. The van der Waals surface area contributed by atoms with Gasteiger partial charge in [0.05, 0.1) is 12.2 Å². The van der Waals surface area contributed by atoms with Crippen LogP contribution in [-0.4, -0.2) is 32.2 Å². The van der Waals surface area contributed by atoms with E-state index in [1.165, 1.54) is 6.07 Å². The second-order valence-corrected chi connectivity index (χ2v) is 5.61. The van der Waals surface area contributed by atoms with Gasteiger partial charge in [0.1, 0.15) is 0 Å². The fourth-order valence-corrected chi connectivity index (χ4v) is 2.46. The first-order chi connectivity index (χ1) is 11.6. The second kappa shape index (κ2) is 6.84. The molecule has 0 spiro atoms. The maximum Gasteiger partial charge on any atom is 0.170 e. The SMILES string of the molecule is C[C@H](c1ccc(F)c(F)c1)N(C)Cc1nnnn1-c1ccccc1. The number of benzene rings is 2. The molecule has 0 amide bonds. The van der Waals surface area contributed by atoms with Crippen molar-refractivity contribution in [3.63, 3.8) is 0 Å².